The standard InChI is InChI=1S/C11H12N2O/c1-7-4-5-10-11(6-7)13(14)9(3)8(2)12-10/h4-6H,1-3H3. The minimum absolute atomic E-state index is 0.646. The fraction of sp³-hybridized carbons (Fsp3) is 0.273. The van der Waals surface area contributed by atoms with Gasteiger partial charge in [-0.1, -0.05) is 6.07 Å². The van der Waals surface area contributed by atoms with Crippen molar-refractivity contribution >= 4 is 11.0 Å². The molecule has 0 fully saturated rings. The second-order valence-corrected chi connectivity index (χ2v) is 3.57. The maximum atomic E-state index is 11.8. The largest absolute Gasteiger partial charge is 0.618 e. The van der Waals surface area contributed by atoms with E-state index < -0.39 is 0 Å². The fourth-order valence-electron chi connectivity index (χ4n) is 1.48. The lowest BCUT2D eigenvalue weighted by Gasteiger charge is -2.06. The number of hydrogen-bond acceptors (Lipinski definition) is 2. The molecule has 1 aromatic carbocycles. The molecule has 0 radical (unpaired) electrons. The molecule has 1 heterocycles. The first kappa shape index (κ1) is 8.94. The normalized spacial score (nSPS) is 10.8. The van der Waals surface area contributed by atoms with E-state index in [2.05, 4.69) is 4.98 Å². The van der Waals surface area contributed by atoms with E-state index in [1.807, 2.05) is 32.0 Å². The van der Waals surface area contributed by atoms with Crippen molar-refractivity contribution in [3.8, 4) is 0 Å². The second-order valence-electron chi connectivity index (χ2n) is 3.57. The molecule has 0 amide bonds. The predicted octanol–water partition coefficient (Wildman–Crippen LogP) is 1.79. The summed E-state index contributed by atoms with van der Waals surface area (Å²) in [6.45, 7) is 5.61. The fourth-order valence-corrected chi connectivity index (χ4v) is 1.48. The van der Waals surface area contributed by atoms with Crippen LogP contribution in [0.25, 0.3) is 11.0 Å². The predicted molar refractivity (Wildman–Crippen MR) is 54.9 cm³/mol. The van der Waals surface area contributed by atoms with Gasteiger partial charge in [-0.25, -0.2) is 4.98 Å². The summed E-state index contributed by atoms with van der Waals surface area (Å²) < 4.78 is 0.949. The first-order valence-electron chi connectivity index (χ1n) is 4.57. The third-order valence-corrected chi connectivity index (χ3v) is 2.47. The third kappa shape index (κ3) is 1.21. The zero-order valence-electron chi connectivity index (χ0n) is 8.53. The summed E-state index contributed by atoms with van der Waals surface area (Å²) in [5.74, 6) is 0. The maximum absolute atomic E-state index is 11.8. The van der Waals surface area contributed by atoms with Gasteiger partial charge in [0.25, 0.3) is 0 Å². The topological polar surface area (TPSA) is 39.8 Å². The molecule has 14 heavy (non-hydrogen) atoms. The maximum Gasteiger partial charge on any atom is 0.242 e. The molecule has 2 aromatic rings. The Hall–Kier alpha value is -1.64. The summed E-state index contributed by atoms with van der Waals surface area (Å²) in [6, 6.07) is 5.71. The van der Waals surface area contributed by atoms with Crippen LogP contribution in [0, 0.1) is 26.0 Å². The molecular weight excluding hydrogens is 176 g/mol. The SMILES string of the molecule is Cc1ccc2nc(C)c(C)[n+]([O-])c2c1. The summed E-state index contributed by atoms with van der Waals surface area (Å²) in [4.78, 5) is 4.36. The van der Waals surface area contributed by atoms with Crippen molar-refractivity contribution in [2.24, 2.45) is 0 Å². The lowest BCUT2D eigenvalue weighted by atomic mass is 10.2. The molecule has 0 aliphatic heterocycles. The van der Waals surface area contributed by atoms with Gasteiger partial charge in [-0.05, 0) is 25.5 Å². The minimum atomic E-state index is 0.646. The Labute approximate surface area is 82.6 Å². The molecule has 0 aliphatic carbocycles. The molecule has 0 spiro atoms. The summed E-state index contributed by atoms with van der Waals surface area (Å²) in [5, 5.41) is 11.8. The van der Waals surface area contributed by atoms with Crippen LogP contribution < -0.4 is 4.73 Å². The number of nitrogens with zero attached hydrogens (tertiary/aromatic N) is 2. The van der Waals surface area contributed by atoms with E-state index in [1.165, 1.54) is 0 Å². The van der Waals surface area contributed by atoms with E-state index in [9.17, 15) is 5.21 Å². The van der Waals surface area contributed by atoms with Gasteiger partial charge in [0.2, 0.25) is 11.2 Å². The van der Waals surface area contributed by atoms with Crippen molar-refractivity contribution in [1.29, 1.82) is 0 Å². The van der Waals surface area contributed by atoms with E-state index in [1.54, 1.807) is 6.92 Å². The number of fused-ring (bicyclic) bond motifs is 1. The number of benzene rings is 1. The van der Waals surface area contributed by atoms with Crippen LogP contribution in [0.1, 0.15) is 17.0 Å². The molecule has 1 aromatic heterocycles. The Balaban J connectivity index is 2.92. The molecule has 2 rings (SSSR count). The molecule has 0 saturated carbocycles. The molecule has 0 saturated heterocycles. The highest BCUT2D eigenvalue weighted by molar-refractivity contribution is 5.71. The summed E-state index contributed by atoms with van der Waals surface area (Å²) >= 11 is 0. The zero-order chi connectivity index (χ0) is 10.3. The molecule has 0 bridgehead atoms. The summed E-state index contributed by atoms with van der Waals surface area (Å²) in [6.07, 6.45) is 0. The molecule has 3 heteroatoms. The van der Waals surface area contributed by atoms with Crippen molar-refractivity contribution in [1.82, 2.24) is 4.98 Å². The van der Waals surface area contributed by atoms with Gasteiger partial charge >= 0.3 is 0 Å². The highest BCUT2D eigenvalue weighted by atomic mass is 16.5. The highest BCUT2D eigenvalue weighted by Gasteiger charge is 2.11. The monoisotopic (exact) mass is 188 g/mol. The number of hydrogen-bond donors (Lipinski definition) is 0. The second kappa shape index (κ2) is 2.94. The van der Waals surface area contributed by atoms with Crippen LogP contribution >= 0.6 is 0 Å². The van der Waals surface area contributed by atoms with Crippen molar-refractivity contribution < 1.29 is 4.73 Å². The van der Waals surface area contributed by atoms with Gasteiger partial charge in [-0.15, -0.1) is 0 Å². The average molecular weight is 188 g/mol. The van der Waals surface area contributed by atoms with Gasteiger partial charge < -0.3 is 5.21 Å². The molecule has 0 N–H and O–H groups in total. The van der Waals surface area contributed by atoms with Crippen LogP contribution in [0.2, 0.25) is 0 Å². The Morgan fingerprint density at radius 2 is 1.93 bits per heavy atom. The summed E-state index contributed by atoms with van der Waals surface area (Å²) in [7, 11) is 0. The van der Waals surface area contributed by atoms with Crippen LogP contribution in [-0.2, 0) is 0 Å². The van der Waals surface area contributed by atoms with Gasteiger partial charge in [0.15, 0.2) is 0 Å². The molecule has 0 unspecified atom stereocenters. The lowest BCUT2D eigenvalue weighted by molar-refractivity contribution is -0.585. The number of rotatable bonds is 0. The Bertz CT molecular complexity index is 506. The van der Waals surface area contributed by atoms with E-state index in [4.69, 9.17) is 0 Å². The van der Waals surface area contributed by atoms with Crippen LogP contribution in [0.15, 0.2) is 18.2 Å². The lowest BCUT2D eigenvalue weighted by Crippen LogP contribution is -2.32. The van der Waals surface area contributed by atoms with Gasteiger partial charge in [0.05, 0.1) is 0 Å². The molecule has 3 nitrogen and oxygen atoms in total. The quantitative estimate of drug-likeness (QED) is 0.467. The van der Waals surface area contributed by atoms with E-state index in [-0.39, 0.29) is 0 Å². The first-order valence-corrected chi connectivity index (χ1v) is 4.57. The number of aromatic nitrogens is 2. The molecule has 0 atom stereocenters. The Kier molecular flexibility index (Phi) is 1.88. The van der Waals surface area contributed by atoms with Crippen molar-refractivity contribution in [2.75, 3.05) is 0 Å². The van der Waals surface area contributed by atoms with E-state index in [0.29, 0.717) is 11.2 Å². The summed E-state index contributed by atoms with van der Waals surface area (Å²) in [5.41, 5.74) is 3.94. The van der Waals surface area contributed by atoms with Crippen LogP contribution in [0.3, 0.4) is 0 Å². The van der Waals surface area contributed by atoms with Gasteiger partial charge in [-0.2, -0.15) is 4.73 Å². The van der Waals surface area contributed by atoms with Crippen LogP contribution in [0.5, 0.6) is 0 Å². The van der Waals surface area contributed by atoms with Gasteiger partial charge in [-0.3, -0.25) is 0 Å². The van der Waals surface area contributed by atoms with Crippen molar-refractivity contribution in [3.63, 3.8) is 0 Å². The van der Waals surface area contributed by atoms with Crippen LogP contribution in [0.4, 0.5) is 0 Å². The highest BCUT2D eigenvalue weighted by Crippen LogP contribution is 2.11. The zero-order valence-corrected chi connectivity index (χ0v) is 8.53. The van der Waals surface area contributed by atoms with Crippen molar-refractivity contribution in [2.45, 2.75) is 20.8 Å². The third-order valence-electron chi connectivity index (χ3n) is 2.47. The smallest absolute Gasteiger partial charge is 0.242 e. The van der Waals surface area contributed by atoms with Gasteiger partial charge in [0.1, 0.15) is 11.2 Å². The Morgan fingerprint density at radius 1 is 1.21 bits per heavy atom. The first-order chi connectivity index (χ1) is 6.59. The molecule has 0 aliphatic rings. The molecule has 72 valence electrons. The van der Waals surface area contributed by atoms with Crippen molar-refractivity contribution in [3.05, 3.63) is 40.4 Å². The Morgan fingerprint density at radius 3 is 2.64 bits per heavy atom. The molecular formula is C11H12N2O. The van der Waals surface area contributed by atoms with Gasteiger partial charge in [0, 0.05) is 13.0 Å². The number of aryl methyl sites for hydroxylation is 2. The van der Waals surface area contributed by atoms with E-state index in [0.717, 1.165) is 21.5 Å². The average Bonchev–Trinajstić information content (AvgIpc) is 2.16. The van der Waals surface area contributed by atoms with E-state index >= 15 is 0 Å². The van der Waals surface area contributed by atoms with Crippen LogP contribution in [-0.4, -0.2) is 4.98 Å². The minimum Gasteiger partial charge on any atom is -0.618 e.